The van der Waals surface area contributed by atoms with Gasteiger partial charge in [-0.25, -0.2) is 9.37 Å². The van der Waals surface area contributed by atoms with Crippen molar-refractivity contribution in [1.82, 2.24) is 20.5 Å². The fourth-order valence-corrected chi connectivity index (χ4v) is 4.78. The predicted molar refractivity (Wildman–Crippen MR) is 129 cm³/mol. The van der Waals surface area contributed by atoms with Crippen LogP contribution in [0, 0.1) is 19.7 Å². The fourth-order valence-electron chi connectivity index (χ4n) is 4.49. The minimum absolute atomic E-state index is 0.0454. The summed E-state index contributed by atoms with van der Waals surface area (Å²) in [5.74, 6) is -0.0294. The summed E-state index contributed by atoms with van der Waals surface area (Å²) in [5, 5.41) is 13.4. The number of anilines is 1. The molecule has 0 aliphatic carbocycles. The molecule has 2 aromatic heterocycles. The van der Waals surface area contributed by atoms with Crippen LogP contribution in [0.25, 0.3) is 22.2 Å². The van der Waals surface area contributed by atoms with Crippen molar-refractivity contribution < 1.29 is 13.6 Å². The molecule has 3 heterocycles. The first-order valence-electron chi connectivity index (χ1n) is 11.1. The second-order valence-corrected chi connectivity index (χ2v) is 8.89. The maximum atomic E-state index is 15.3. The third-order valence-corrected chi connectivity index (χ3v) is 6.28. The van der Waals surface area contributed by atoms with Gasteiger partial charge >= 0.3 is 0 Å². The maximum absolute atomic E-state index is 15.3. The number of rotatable bonds is 4. The van der Waals surface area contributed by atoms with Crippen molar-refractivity contribution in [2.75, 3.05) is 18.0 Å². The molecule has 1 unspecified atom stereocenters. The van der Waals surface area contributed by atoms with E-state index in [9.17, 15) is 4.79 Å². The molecule has 1 atom stereocenters. The minimum Gasteiger partial charge on any atom is -0.421 e. The van der Waals surface area contributed by atoms with E-state index in [2.05, 4.69) is 20.5 Å². The summed E-state index contributed by atoms with van der Waals surface area (Å²) in [5.41, 5.74) is 1.26. The fraction of sp³-hybridized carbons (Fsp3) is 0.280. The molecule has 0 saturated carbocycles. The van der Waals surface area contributed by atoms with Gasteiger partial charge in [-0.1, -0.05) is 11.6 Å². The van der Waals surface area contributed by atoms with E-state index in [-0.39, 0.29) is 17.5 Å². The van der Waals surface area contributed by atoms with Crippen LogP contribution < -0.4 is 10.2 Å². The number of aromatic nitrogens is 3. The van der Waals surface area contributed by atoms with Crippen molar-refractivity contribution in [2.45, 2.75) is 32.7 Å². The largest absolute Gasteiger partial charge is 0.421 e. The number of aryl methyl sites for hydroxylation is 2. The van der Waals surface area contributed by atoms with Gasteiger partial charge in [-0.15, -0.1) is 10.2 Å². The first-order valence-corrected chi connectivity index (χ1v) is 11.5. The molecule has 4 aromatic rings. The summed E-state index contributed by atoms with van der Waals surface area (Å²) in [4.78, 5) is 20.1. The number of carbonyl (C=O) groups is 1. The molecule has 1 aliphatic heterocycles. The Morgan fingerprint density at radius 1 is 1.21 bits per heavy atom. The Morgan fingerprint density at radius 2 is 2.06 bits per heavy atom. The number of hydrogen-bond donors (Lipinski definition) is 1. The number of piperidine rings is 1. The lowest BCUT2D eigenvalue weighted by atomic mass is 10.0. The van der Waals surface area contributed by atoms with Gasteiger partial charge in [0.2, 0.25) is 11.8 Å². The predicted octanol–water partition coefficient (Wildman–Crippen LogP) is 5.09. The van der Waals surface area contributed by atoms with E-state index in [0.29, 0.717) is 28.8 Å². The molecule has 174 valence electrons. The molecule has 1 fully saturated rings. The molecule has 0 radical (unpaired) electrons. The molecule has 2 aromatic carbocycles. The lowest BCUT2D eigenvalue weighted by Crippen LogP contribution is -2.49. The maximum Gasteiger partial charge on any atom is 0.262 e. The molecule has 1 amide bonds. The molecule has 0 bridgehead atoms. The molecule has 34 heavy (non-hydrogen) atoms. The number of fused-ring (bicyclic) bond motifs is 1. The highest BCUT2D eigenvalue weighted by Crippen LogP contribution is 2.34. The average molecular weight is 480 g/mol. The quantitative estimate of drug-likeness (QED) is 0.438. The zero-order valence-electron chi connectivity index (χ0n) is 18.8. The highest BCUT2D eigenvalue weighted by Gasteiger charge is 2.32. The van der Waals surface area contributed by atoms with E-state index in [1.807, 2.05) is 25.1 Å². The number of nitrogens with zero attached hydrogens (tertiary/aromatic N) is 4. The summed E-state index contributed by atoms with van der Waals surface area (Å²) in [6, 6.07) is 9.71. The topological polar surface area (TPSA) is 84.2 Å². The molecule has 1 N–H and O–H groups in total. The molecular weight excluding hydrogens is 457 g/mol. The van der Waals surface area contributed by atoms with Crippen molar-refractivity contribution >= 4 is 34.1 Å². The summed E-state index contributed by atoms with van der Waals surface area (Å²) in [6.45, 7) is 5.07. The van der Waals surface area contributed by atoms with Gasteiger partial charge in [-0.3, -0.25) is 9.69 Å². The number of halogens is 2. The number of nitrogens with one attached hydrogen (secondary N) is 1. The number of hydrogen-bond acceptors (Lipinski definition) is 6. The molecule has 7 nitrogen and oxygen atoms in total. The average Bonchev–Trinajstić information content (AvgIpc) is 3.26. The Bertz CT molecular complexity index is 1380. The van der Waals surface area contributed by atoms with E-state index in [4.69, 9.17) is 16.0 Å². The van der Waals surface area contributed by atoms with Crippen LogP contribution in [0.1, 0.15) is 34.7 Å². The van der Waals surface area contributed by atoms with Crippen LogP contribution in [0.4, 0.5) is 10.2 Å². The molecule has 0 spiro atoms. The van der Waals surface area contributed by atoms with Crippen LogP contribution >= 0.6 is 11.6 Å². The van der Waals surface area contributed by atoms with E-state index < -0.39 is 11.7 Å². The Hall–Kier alpha value is -3.36. The lowest BCUT2D eigenvalue weighted by Gasteiger charge is -2.35. The zero-order chi connectivity index (χ0) is 23.8. The number of amides is 1. The number of pyridine rings is 1. The van der Waals surface area contributed by atoms with Crippen LogP contribution in [0.5, 0.6) is 0 Å². The third kappa shape index (κ3) is 4.15. The highest BCUT2D eigenvalue weighted by molar-refractivity contribution is 6.31. The van der Waals surface area contributed by atoms with Gasteiger partial charge in [-0.2, -0.15) is 0 Å². The van der Waals surface area contributed by atoms with Gasteiger partial charge in [0, 0.05) is 35.6 Å². The molecular formula is C25H23ClFN5O2. The smallest absolute Gasteiger partial charge is 0.262 e. The van der Waals surface area contributed by atoms with Crippen LogP contribution in [0.3, 0.4) is 0 Å². The summed E-state index contributed by atoms with van der Waals surface area (Å²) < 4.78 is 20.7. The van der Waals surface area contributed by atoms with Crippen LogP contribution in [-0.2, 0) is 0 Å². The SMILES string of the molecule is Cc1nnc(-c2ccc(C(=O)N(c3nccc4cc(Cl)cc(C)c34)C3CCCNC3)c(F)c2)o1. The molecule has 5 rings (SSSR count). The second-order valence-electron chi connectivity index (χ2n) is 8.45. The van der Waals surface area contributed by atoms with E-state index in [1.165, 1.54) is 12.1 Å². The van der Waals surface area contributed by atoms with Crippen molar-refractivity contribution in [3.63, 3.8) is 0 Å². The van der Waals surface area contributed by atoms with Gasteiger partial charge in [-0.05, 0) is 73.7 Å². The third-order valence-electron chi connectivity index (χ3n) is 6.06. The first-order chi connectivity index (χ1) is 16.4. The summed E-state index contributed by atoms with van der Waals surface area (Å²) in [7, 11) is 0. The van der Waals surface area contributed by atoms with E-state index in [1.54, 1.807) is 24.1 Å². The number of carbonyl (C=O) groups excluding carboxylic acids is 1. The van der Waals surface area contributed by atoms with Crippen molar-refractivity contribution in [3.05, 3.63) is 70.5 Å². The molecule has 9 heteroatoms. The highest BCUT2D eigenvalue weighted by atomic mass is 35.5. The Kier molecular flexibility index (Phi) is 6.02. The van der Waals surface area contributed by atoms with Gasteiger partial charge < -0.3 is 9.73 Å². The minimum atomic E-state index is -0.660. The Balaban J connectivity index is 1.61. The van der Waals surface area contributed by atoms with Crippen molar-refractivity contribution in [3.8, 4) is 11.5 Å². The Morgan fingerprint density at radius 3 is 2.76 bits per heavy atom. The molecule has 1 saturated heterocycles. The van der Waals surface area contributed by atoms with Crippen molar-refractivity contribution in [2.24, 2.45) is 0 Å². The van der Waals surface area contributed by atoms with Crippen LogP contribution in [0.15, 0.2) is 47.0 Å². The lowest BCUT2D eigenvalue weighted by molar-refractivity contribution is 0.0968. The van der Waals surface area contributed by atoms with Gasteiger partial charge in [0.25, 0.3) is 5.91 Å². The molecule has 1 aliphatic rings. The monoisotopic (exact) mass is 479 g/mol. The van der Waals surface area contributed by atoms with Gasteiger partial charge in [0.15, 0.2) is 0 Å². The van der Waals surface area contributed by atoms with Gasteiger partial charge in [0.1, 0.15) is 11.6 Å². The standard InChI is InChI=1S/C25H23ClFN5O2/c1-14-10-18(26)11-16-7-9-29-23(22(14)16)32(19-4-3-8-28-13-19)25(33)20-6-5-17(12-21(20)27)24-31-30-15(2)34-24/h5-7,9-12,19,28H,3-4,8,13H2,1-2H3. The summed E-state index contributed by atoms with van der Waals surface area (Å²) in [6.07, 6.45) is 3.34. The zero-order valence-corrected chi connectivity index (χ0v) is 19.6. The van der Waals surface area contributed by atoms with E-state index >= 15 is 4.39 Å². The van der Waals surface area contributed by atoms with Gasteiger partial charge in [0.05, 0.1) is 11.6 Å². The van der Waals surface area contributed by atoms with Crippen LogP contribution in [-0.4, -0.2) is 40.2 Å². The van der Waals surface area contributed by atoms with E-state index in [0.717, 1.165) is 35.7 Å². The first kappa shape index (κ1) is 22.4. The number of benzene rings is 2. The normalized spacial score (nSPS) is 16.1. The van der Waals surface area contributed by atoms with Crippen molar-refractivity contribution in [1.29, 1.82) is 0 Å². The summed E-state index contributed by atoms with van der Waals surface area (Å²) >= 11 is 6.27. The Labute approximate surface area is 201 Å². The van der Waals surface area contributed by atoms with Crippen LogP contribution in [0.2, 0.25) is 5.02 Å². The second kappa shape index (κ2) is 9.12.